The molecule has 1 heterocycles. The molecule has 90 valence electrons. The number of hydrogen-bond donors (Lipinski definition) is 1. The molecule has 0 aliphatic heterocycles. The molecule has 2 aromatic rings. The average Bonchev–Trinajstić information content (AvgIpc) is 2.66. The highest BCUT2D eigenvalue weighted by Gasteiger charge is 2.15. The van der Waals surface area contributed by atoms with Crippen LogP contribution in [0.3, 0.4) is 0 Å². The molecule has 2 rings (SSSR count). The summed E-state index contributed by atoms with van der Waals surface area (Å²) in [6.45, 7) is 2.44. The summed E-state index contributed by atoms with van der Waals surface area (Å²) in [5.41, 5.74) is 6.10. The first kappa shape index (κ1) is 11.5. The van der Waals surface area contributed by atoms with Crippen LogP contribution in [0.4, 0.5) is 19.0 Å². The van der Waals surface area contributed by atoms with Crippen molar-refractivity contribution in [1.29, 1.82) is 0 Å². The topological polar surface area (TPSA) is 43.8 Å². The fourth-order valence-corrected chi connectivity index (χ4v) is 1.56. The molecule has 3 nitrogen and oxygen atoms in total. The Bertz CT molecular complexity index is 540. The van der Waals surface area contributed by atoms with Crippen LogP contribution in [0.25, 0.3) is 11.3 Å². The molecule has 0 fully saturated rings. The quantitative estimate of drug-likeness (QED) is 0.821. The molecule has 0 aliphatic carbocycles. The van der Waals surface area contributed by atoms with Gasteiger partial charge >= 0.3 is 0 Å². The molecular formula is C11H10F3N3. The monoisotopic (exact) mass is 241 g/mol. The van der Waals surface area contributed by atoms with Gasteiger partial charge in [-0.3, -0.25) is 0 Å². The van der Waals surface area contributed by atoms with Crippen molar-refractivity contribution in [3.63, 3.8) is 0 Å². The summed E-state index contributed by atoms with van der Waals surface area (Å²) >= 11 is 0. The van der Waals surface area contributed by atoms with Crippen LogP contribution in [0.5, 0.6) is 0 Å². The molecule has 1 aromatic heterocycles. The van der Waals surface area contributed by atoms with Gasteiger partial charge in [0.25, 0.3) is 0 Å². The van der Waals surface area contributed by atoms with Crippen LogP contribution >= 0.6 is 0 Å². The first-order chi connectivity index (χ1) is 8.04. The van der Waals surface area contributed by atoms with E-state index < -0.39 is 17.5 Å². The van der Waals surface area contributed by atoms with Gasteiger partial charge in [0, 0.05) is 12.1 Å². The summed E-state index contributed by atoms with van der Waals surface area (Å²) in [4.78, 5) is 3.95. The average molecular weight is 241 g/mol. The highest BCUT2D eigenvalue weighted by atomic mass is 19.2. The van der Waals surface area contributed by atoms with Gasteiger partial charge in [-0.05, 0) is 19.1 Å². The van der Waals surface area contributed by atoms with Gasteiger partial charge in [-0.1, -0.05) is 0 Å². The molecule has 0 atom stereocenters. The van der Waals surface area contributed by atoms with E-state index >= 15 is 0 Å². The van der Waals surface area contributed by atoms with Gasteiger partial charge in [0.2, 0.25) is 0 Å². The van der Waals surface area contributed by atoms with Crippen LogP contribution in [0.15, 0.2) is 18.5 Å². The Kier molecular flexibility index (Phi) is 2.79. The number of anilines is 1. The Morgan fingerprint density at radius 2 is 1.82 bits per heavy atom. The molecule has 17 heavy (non-hydrogen) atoms. The highest BCUT2D eigenvalue weighted by molar-refractivity contribution is 5.70. The Labute approximate surface area is 95.7 Å². The number of benzene rings is 1. The Balaban J connectivity index is 2.57. The molecule has 0 spiro atoms. The molecule has 0 radical (unpaired) electrons. The van der Waals surface area contributed by atoms with Crippen molar-refractivity contribution in [3.05, 3.63) is 35.9 Å². The van der Waals surface area contributed by atoms with E-state index in [1.807, 2.05) is 6.92 Å². The van der Waals surface area contributed by atoms with Gasteiger partial charge in [0.15, 0.2) is 17.5 Å². The van der Waals surface area contributed by atoms with Crippen molar-refractivity contribution in [2.45, 2.75) is 13.5 Å². The number of hydrogen-bond acceptors (Lipinski definition) is 2. The maximum atomic E-state index is 13.1. The van der Waals surface area contributed by atoms with E-state index in [1.165, 1.54) is 6.33 Å². The predicted molar refractivity (Wildman–Crippen MR) is 57.6 cm³/mol. The first-order valence-corrected chi connectivity index (χ1v) is 5.00. The molecular weight excluding hydrogens is 231 g/mol. The molecule has 0 saturated heterocycles. The SMILES string of the molecule is CCn1cnc(-c2cc(F)c(F)c(F)c2)c1N. The van der Waals surface area contributed by atoms with E-state index in [9.17, 15) is 13.2 Å². The summed E-state index contributed by atoms with van der Waals surface area (Å²) in [5.74, 6) is -3.73. The second-order valence-electron chi connectivity index (χ2n) is 3.52. The maximum absolute atomic E-state index is 13.1. The minimum atomic E-state index is -1.50. The zero-order valence-electron chi connectivity index (χ0n) is 9.04. The number of aromatic nitrogens is 2. The Morgan fingerprint density at radius 1 is 1.24 bits per heavy atom. The summed E-state index contributed by atoms with van der Waals surface area (Å²) in [6.07, 6.45) is 1.46. The van der Waals surface area contributed by atoms with Crippen molar-refractivity contribution in [1.82, 2.24) is 9.55 Å². The van der Waals surface area contributed by atoms with Crippen molar-refractivity contribution >= 4 is 5.82 Å². The lowest BCUT2D eigenvalue weighted by Crippen LogP contribution is -2.00. The van der Waals surface area contributed by atoms with E-state index in [4.69, 9.17) is 5.73 Å². The van der Waals surface area contributed by atoms with Gasteiger partial charge in [-0.25, -0.2) is 18.2 Å². The lowest BCUT2D eigenvalue weighted by atomic mass is 10.1. The molecule has 6 heteroatoms. The third-order valence-electron chi connectivity index (χ3n) is 2.48. The summed E-state index contributed by atoms with van der Waals surface area (Å²) in [5, 5.41) is 0. The van der Waals surface area contributed by atoms with Crippen LogP contribution in [0, 0.1) is 17.5 Å². The van der Waals surface area contributed by atoms with Crippen molar-refractivity contribution < 1.29 is 13.2 Å². The van der Waals surface area contributed by atoms with Gasteiger partial charge in [-0.2, -0.15) is 0 Å². The largest absolute Gasteiger partial charge is 0.383 e. The molecule has 0 amide bonds. The molecule has 0 aliphatic rings. The van der Waals surface area contributed by atoms with Crippen LogP contribution in [-0.2, 0) is 6.54 Å². The standard InChI is InChI=1S/C11H10F3N3/c1-2-17-5-16-10(11(17)15)6-3-7(12)9(14)8(13)4-6/h3-5H,2,15H2,1H3. The van der Waals surface area contributed by atoms with Gasteiger partial charge in [0.1, 0.15) is 11.5 Å². The number of nitrogen functional groups attached to an aromatic ring is 1. The molecule has 1 aromatic carbocycles. The van der Waals surface area contributed by atoms with Crippen LogP contribution in [0.2, 0.25) is 0 Å². The summed E-state index contributed by atoms with van der Waals surface area (Å²) < 4.78 is 40.5. The summed E-state index contributed by atoms with van der Waals surface area (Å²) in [6, 6.07) is 1.74. The zero-order chi connectivity index (χ0) is 12.6. The van der Waals surface area contributed by atoms with E-state index in [1.54, 1.807) is 4.57 Å². The second kappa shape index (κ2) is 4.12. The van der Waals surface area contributed by atoms with Crippen molar-refractivity contribution in [2.75, 3.05) is 5.73 Å². The molecule has 0 bridgehead atoms. The van der Waals surface area contributed by atoms with Crippen molar-refractivity contribution in [3.8, 4) is 11.3 Å². The van der Waals surface area contributed by atoms with Crippen molar-refractivity contribution in [2.24, 2.45) is 0 Å². The maximum Gasteiger partial charge on any atom is 0.194 e. The molecule has 0 saturated carbocycles. The first-order valence-electron chi connectivity index (χ1n) is 5.00. The van der Waals surface area contributed by atoms with Crippen LogP contribution in [0.1, 0.15) is 6.92 Å². The fourth-order valence-electron chi connectivity index (χ4n) is 1.56. The van der Waals surface area contributed by atoms with Gasteiger partial charge < -0.3 is 10.3 Å². The summed E-state index contributed by atoms with van der Waals surface area (Å²) in [7, 11) is 0. The van der Waals surface area contributed by atoms with Gasteiger partial charge in [0.05, 0.1) is 6.33 Å². The zero-order valence-corrected chi connectivity index (χ0v) is 9.04. The van der Waals surface area contributed by atoms with E-state index in [0.29, 0.717) is 6.54 Å². The number of nitrogens with two attached hydrogens (primary N) is 1. The number of halogens is 3. The normalized spacial score (nSPS) is 10.8. The van der Waals surface area contributed by atoms with E-state index in [0.717, 1.165) is 12.1 Å². The van der Waals surface area contributed by atoms with E-state index in [2.05, 4.69) is 4.98 Å². The third-order valence-corrected chi connectivity index (χ3v) is 2.48. The minimum absolute atomic E-state index is 0.117. The van der Waals surface area contributed by atoms with Crippen LogP contribution < -0.4 is 5.73 Å². The fraction of sp³-hybridized carbons (Fsp3) is 0.182. The Hall–Kier alpha value is -1.98. The van der Waals surface area contributed by atoms with Crippen LogP contribution in [-0.4, -0.2) is 9.55 Å². The number of rotatable bonds is 2. The second-order valence-corrected chi connectivity index (χ2v) is 3.52. The lowest BCUT2D eigenvalue weighted by molar-refractivity contribution is 0.447. The predicted octanol–water partition coefficient (Wildman–Crippen LogP) is 2.57. The van der Waals surface area contributed by atoms with E-state index in [-0.39, 0.29) is 17.1 Å². The van der Waals surface area contributed by atoms with Gasteiger partial charge in [-0.15, -0.1) is 0 Å². The number of aryl methyl sites for hydroxylation is 1. The third kappa shape index (κ3) is 1.86. The molecule has 0 unspecified atom stereocenters. The lowest BCUT2D eigenvalue weighted by Gasteiger charge is -2.03. The highest BCUT2D eigenvalue weighted by Crippen LogP contribution is 2.27. The smallest absolute Gasteiger partial charge is 0.194 e. The number of imidazole rings is 1. The minimum Gasteiger partial charge on any atom is -0.383 e. The molecule has 2 N–H and O–H groups in total. The number of nitrogens with zero attached hydrogens (tertiary/aromatic N) is 2. The Morgan fingerprint density at radius 3 is 2.29 bits per heavy atom.